The van der Waals surface area contributed by atoms with E-state index in [4.69, 9.17) is 0 Å². The van der Waals surface area contributed by atoms with Crippen LogP contribution in [0.3, 0.4) is 0 Å². The summed E-state index contributed by atoms with van der Waals surface area (Å²) in [5.41, 5.74) is 8.96. The number of para-hydroxylation sites is 1. The fourth-order valence-corrected chi connectivity index (χ4v) is 4.35. The highest BCUT2D eigenvalue weighted by Crippen LogP contribution is 2.21. The molecule has 1 amide bonds. The van der Waals surface area contributed by atoms with E-state index in [1.165, 1.54) is 22.9 Å². The third-order valence-corrected chi connectivity index (χ3v) is 5.79. The topological polar surface area (TPSA) is 72.2 Å². The number of hydrogen-bond donors (Lipinski definition) is 1. The fraction of sp³-hybridized carbons (Fsp3) is 0.200. The Balaban J connectivity index is 1.43. The van der Waals surface area contributed by atoms with Gasteiger partial charge in [0, 0.05) is 40.6 Å². The Morgan fingerprint density at radius 1 is 1.06 bits per heavy atom. The minimum atomic E-state index is -0.197. The molecule has 2 aromatic carbocycles. The molecule has 0 bridgehead atoms. The van der Waals surface area contributed by atoms with Gasteiger partial charge in [-0.3, -0.25) is 4.79 Å². The molecule has 0 atom stereocenters. The highest BCUT2D eigenvalue weighted by Gasteiger charge is 2.08. The van der Waals surface area contributed by atoms with Crippen molar-refractivity contribution >= 4 is 34.8 Å². The van der Waals surface area contributed by atoms with Crippen molar-refractivity contribution in [1.29, 1.82) is 0 Å². The molecule has 32 heavy (non-hydrogen) atoms. The molecule has 0 saturated carbocycles. The van der Waals surface area contributed by atoms with Crippen molar-refractivity contribution in [2.24, 2.45) is 5.10 Å². The molecule has 0 aliphatic heterocycles. The number of benzene rings is 2. The zero-order chi connectivity index (χ0) is 22.5. The number of nitrogens with one attached hydrogen (secondary N) is 1. The predicted molar refractivity (Wildman–Crippen MR) is 130 cm³/mol. The minimum Gasteiger partial charge on any atom is -0.342 e. The summed E-state index contributed by atoms with van der Waals surface area (Å²) in [6.45, 7) is 6.70. The van der Waals surface area contributed by atoms with Crippen molar-refractivity contribution in [3.63, 3.8) is 0 Å². The summed E-state index contributed by atoms with van der Waals surface area (Å²) in [5, 5.41) is 5.87. The molecule has 162 valence electrons. The molecule has 2 heterocycles. The Labute approximate surface area is 191 Å². The molecule has 0 radical (unpaired) electrons. The number of fused-ring (bicyclic) bond motifs is 1. The van der Waals surface area contributed by atoms with E-state index in [1.807, 2.05) is 32.0 Å². The number of hydrazone groups is 1. The second kappa shape index (κ2) is 9.78. The van der Waals surface area contributed by atoms with Crippen LogP contribution >= 0.6 is 11.8 Å². The molecule has 0 spiro atoms. The summed E-state index contributed by atoms with van der Waals surface area (Å²) in [5.74, 6) is 0.00697. The summed E-state index contributed by atoms with van der Waals surface area (Å²) >= 11 is 1.30. The second-order valence-corrected chi connectivity index (χ2v) is 8.68. The van der Waals surface area contributed by atoms with Crippen molar-refractivity contribution in [2.75, 3.05) is 5.75 Å². The standard InChI is InChI=1S/C25H25N5OS/c1-17-7-6-8-20(11-17)14-30-15-21(22-9-4-5-10-23(22)30)13-26-29-24(31)16-32-25-27-18(2)12-19(3)28-25/h4-13,15H,14,16H2,1-3H3,(H,29,31)/b26-13-. The van der Waals surface area contributed by atoms with E-state index in [9.17, 15) is 4.79 Å². The lowest BCUT2D eigenvalue weighted by Gasteiger charge is -2.06. The first-order valence-corrected chi connectivity index (χ1v) is 11.4. The van der Waals surface area contributed by atoms with Crippen molar-refractivity contribution < 1.29 is 4.79 Å². The van der Waals surface area contributed by atoms with Crippen LogP contribution in [0.1, 0.15) is 28.1 Å². The van der Waals surface area contributed by atoms with Gasteiger partial charge in [-0.2, -0.15) is 5.10 Å². The van der Waals surface area contributed by atoms with Gasteiger partial charge in [-0.25, -0.2) is 15.4 Å². The summed E-state index contributed by atoms with van der Waals surface area (Å²) in [4.78, 5) is 20.9. The van der Waals surface area contributed by atoms with Crippen LogP contribution in [0.2, 0.25) is 0 Å². The SMILES string of the molecule is Cc1cccc(Cn2cc(/C=N\NC(=O)CSc3nc(C)cc(C)n3)c3ccccc32)c1. The average Bonchev–Trinajstić information content (AvgIpc) is 3.09. The van der Waals surface area contributed by atoms with Gasteiger partial charge in [0.05, 0.1) is 12.0 Å². The van der Waals surface area contributed by atoms with Gasteiger partial charge in [0.15, 0.2) is 5.16 Å². The smallest absolute Gasteiger partial charge is 0.250 e. The molecule has 6 nitrogen and oxygen atoms in total. The zero-order valence-corrected chi connectivity index (χ0v) is 19.2. The first-order valence-electron chi connectivity index (χ1n) is 10.4. The lowest BCUT2D eigenvalue weighted by molar-refractivity contribution is -0.118. The van der Waals surface area contributed by atoms with E-state index in [1.54, 1.807) is 6.21 Å². The molecular formula is C25H25N5OS. The number of carbonyl (C=O) groups is 1. The number of hydrogen-bond acceptors (Lipinski definition) is 5. The van der Waals surface area contributed by atoms with Crippen LogP contribution in [0.4, 0.5) is 0 Å². The average molecular weight is 444 g/mol. The lowest BCUT2D eigenvalue weighted by atomic mass is 10.1. The van der Waals surface area contributed by atoms with Gasteiger partial charge >= 0.3 is 0 Å². The maximum atomic E-state index is 12.2. The van der Waals surface area contributed by atoms with Crippen LogP contribution in [-0.2, 0) is 11.3 Å². The number of aromatic nitrogens is 3. The number of nitrogens with zero attached hydrogens (tertiary/aromatic N) is 4. The normalized spacial score (nSPS) is 11.3. The van der Waals surface area contributed by atoms with Gasteiger partial charge in [0.25, 0.3) is 5.91 Å². The van der Waals surface area contributed by atoms with E-state index in [0.29, 0.717) is 5.16 Å². The Morgan fingerprint density at radius 2 is 1.84 bits per heavy atom. The second-order valence-electron chi connectivity index (χ2n) is 7.73. The Morgan fingerprint density at radius 3 is 2.62 bits per heavy atom. The monoisotopic (exact) mass is 443 g/mol. The highest BCUT2D eigenvalue weighted by molar-refractivity contribution is 7.99. The van der Waals surface area contributed by atoms with Crippen molar-refractivity contribution in [2.45, 2.75) is 32.5 Å². The summed E-state index contributed by atoms with van der Waals surface area (Å²) in [6.07, 6.45) is 3.77. The van der Waals surface area contributed by atoms with Gasteiger partial charge < -0.3 is 4.57 Å². The van der Waals surface area contributed by atoms with Gasteiger partial charge in [0.1, 0.15) is 0 Å². The maximum absolute atomic E-state index is 12.2. The highest BCUT2D eigenvalue weighted by atomic mass is 32.2. The number of rotatable bonds is 7. The van der Waals surface area contributed by atoms with Crippen LogP contribution in [-0.4, -0.2) is 32.4 Å². The van der Waals surface area contributed by atoms with Gasteiger partial charge in [0.2, 0.25) is 0 Å². The van der Waals surface area contributed by atoms with Crippen LogP contribution in [0, 0.1) is 20.8 Å². The molecular weight excluding hydrogens is 418 g/mol. The van der Waals surface area contributed by atoms with Crippen LogP contribution in [0.15, 0.2) is 71.1 Å². The minimum absolute atomic E-state index is 0.197. The first kappa shape index (κ1) is 21.8. The van der Waals surface area contributed by atoms with Crippen LogP contribution in [0.25, 0.3) is 10.9 Å². The Kier molecular flexibility index (Phi) is 6.66. The third kappa shape index (κ3) is 5.42. The quantitative estimate of drug-likeness (QED) is 0.195. The number of amides is 1. The van der Waals surface area contributed by atoms with Crippen molar-refractivity contribution in [1.82, 2.24) is 20.0 Å². The molecule has 0 unspecified atom stereocenters. The molecule has 4 aromatic rings. The summed E-state index contributed by atoms with van der Waals surface area (Å²) in [6, 6.07) is 18.6. The molecule has 4 rings (SSSR count). The van der Waals surface area contributed by atoms with Crippen molar-refractivity contribution in [3.05, 3.63) is 88.9 Å². The van der Waals surface area contributed by atoms with Gasteiger partial charge in [-0.05, 0) is 38.5 Å². The third-order valence-electron chi connectivity index (χ3n) is 4.94. The van der Waals surface area contributed by atoms with Gasteiger partial charge in [-0.15, -0.1) is 0 Å². The molecule has 7 heteroatoms. The lowest BCUT2D eigenvalue weighted by Crippen LogP contribution is -2.19. The van der Waals surface area contributed by atoms with E-state index >= 15 is 0 Å². The van der Waals surface area contributed by atoms with Crippen LogP contribution < -0.4 is 5.43 Å². The number of thioether (sulfide) groups is 1. The molecule has 2 aromatic heterocycles. The zero-order valence-electron chi connectivity index (χ0n) is 18.4. The van der Waals surface area contributed by atoms with E-state index in [-0.39, 0.29) is 11.7 Å². The summed E-state index contributed by atoms with van der Waals surface area (Å²) in [7, 11) is 0. The fourth-order valence-electron chi connectivity index (χ4n) is 3.61. The predicted octanol–water partition coefficient (Wildman–Crippen LogP) is 4.65. The van der Waals surface area contributed by atoms with E-state index in [0.717, 1.165) is 34.4 Å². The van der Waals surface area contributed by atoms with E-state index < -0.39 is 0 Å². The summed E-state index contributed by atoms with van der Waals surface area (Å²) < 4.78 is 2.21. The molecule has 0 saturated heterocycles. The molecule has 1 N–H and O–H groups in total. The molecule has 0 aliphatic rings. The van der Waals surface area contributed by atoms with Gasteiger partial charge in [-0.1, -0.05) is 59.8 Å². The number of aryl methyl sites for hydroxylation is 3. The molecule has 0 aliphatic carbocycles. The van der Waals surface area contributed by atoms with Crippen molar-refractivity contribution in [3.8, 4) is 0 Å². The molecule has 0 fully saturated rings. The maximum Gasteiger partial charge on any atom is 0.250 e. The first-order chi connectivity index (χ1) is 15.5. The number of carbonyl (C=O) groups excluding carboxylic acids is 1. The largest absolute Gasteiger partial charge is 0.342 e. The Bertz CT molecular complexity index is 1270. The van der Waals surface area contributed by atoms with E-state index in [2.05, 4.69) is 74.6 Å². The van der Waals surface area contributed by atoms with Crippen LogP contribution in [0.5, 0.6) is 0 Å². The Hall–Kier alpha value is -3.45.